The highest BCUT2D eigenvalue weighted by molar-refractivity contribution is 7.14. The van der Waals surface area contributed by atoms with Crippen LogP contribution in [0, 0.1) is 6.92 Å². The van der Waals surface area contributed by atoms with Gasteiger partial charge in [-0.15, -0.1) is 11.3 Å². The zero-order chi connectivity index (χ0) is 22.4. The van der Waals surface area contributed by atoms with Gasteiger partial charge in [0.2, 0.25) is 0 Å². The average Bonchev–Trinajstić information content (AvgIpc) is 3.22. The van der Waals surface area contributed by atoms with Gasteiger partial charge in [0.05, 0.1) is 12.2 Å². The lowest BCUT2D eigenvalue weighted by Gasteiger charge is -2.27. The molecule has 0 bridgehead atoms. The molecule has 1 saturated heterocycles. The topological polar surface area (TPSA) is 105 Å². The Morgan fingerprint density at radius 2 is 1.77 bits per heavy atom. The minimum absolute atomic E-state index is 0.0136. The number of anilines is 1. The minimum atomic E-state index is -0.847. The van der Waals surface area contributed by atoms with E-state index in [2.05, 4.69) is 10.6 Å². The van der Waals surface area contributed by atoms with E-state index < -0.39 is 17.9 Å². The van der Waals surface area contributed by atoms with Gasteiger partial charge in [-0.1, -0.05) is 0 Å². The van der Waals surface area contributed by atoms with E-state index in [1.165, 1.54) is 17.4 Å². The Bertz CT molecular complexity index is 995. The lowest BCUT2D eigenvalue weighted by atomic mass is 10.0. The van der Waals surface area contributed by atoms with Crippen molar-refractivity contribution in [2.24, 2.45) is 0 Å². The van der Waals surface area contributed by atoms with Gasteiger partial charge in [0.1, 0.15) is 5.00 Å². The fourth-order valence-corrected chi connectivity index (χ4v) is 4.18. The average molecular weight is 444 g/mol. The number of alkyl carbamates (subject to hydrolysis) is 1. The normalized spacial score (nSPS) is 13.4. The van der Waals surface area contributed by atoms with Crippen LogP contribution >= 0.6 is 11.3 Å². The van der Waals surface area contributed by atoms with Crippen molar-refractivity contribution in [2.45, 2.75) is 33.1 Å². The molecule has 1 aliphatic rings. The molecular formula is C22H25N3O5S. The molecule has 0 radical (unpaired) electrons. The number of nitrogens with zero attached hydrogens (tertiary/aromatic N) is 1. The fraction of sp³-hybridized carbons (Fsp3) is 0.364. The number of carbonyl (C=O) groups is 4. The van der Waals surface area contributed by atoms with Crippen LogP contribution in [0.4, 0.5) is 9.80 Å². The van der Waals surface area contributed by atoms with Gasteiger partial charge < -0.3 is 15.0 Å². The van der Waals surface area contributed by atoms with Gasteiger partial charge in [-0.2, -0.15) is 0 Å². The number of ether oxygens (including phenoxy) is 1. The lowest BCUT2D eigenvalue weighted by Crippen LogP contribution is -2.36. The summed E-state index contributed by atoms with van der Waals surface area (Å²) in [4.78, 5) is 51.1. The molecule has 0 aliphatic carbocycles. The molecule has 0 spiro atoms. The van der Waals surface area contributed by atoms with Crippen LogP contribution in [0.15, 0.2) is 29.6 Å². The van der Waals surface area contributed by atoms with Crippen molar-refractivity contribution >= 4 is 40.2 Å². The third-order valence-electron chi connectivity index (χ3n) is 4.99. The molecule has 4 amide bonds. The number of amides is 4. The maximum atomic E-state index is 12.8. The number of rotatable bonds is 5. The zero-order valence-electron chi connectivity index (χ0n) is 17.5. The second-order valence-corrected chi connectivity index (χ2v) is 8.09. The summed E-state index contributed by atoms with van der Waals surface area (Å²) < 4.78 is 4.70. The number of piperidine rings is 1. The molecule has 31 heavy (non-hydrogen) atoms. The molecule has 2 heterocycles. The van der Waals surface area contributed by atoms with E-state index in [9.17, 15) is 19.2 Å². The zero-order valence-corrected chi connectivity index (χ0v) is 18.3. The van der Waals surface area contributed by atoms with E-state index >= 15 is 0 Å². The van der Waals surface area contributed by atoms with Crippen LogP contribution in [0.5, 0.6) is 0 Å². The van der Waals surface area contributed by atoms with Crippen molar-refractivity contribution < 1.29 is 23.9 Å². The van der Waals surface area contributed by atoms with E-state index in [1.807, 2.05) is 4.90 Å². The second kappa shape index (κ2) is 10.2. The molecule has 0 unspecified atom stereocenters. The first-order chi connectivity index (χ1) is 14.9. The number of aryl methyl sites for hydroxylation is 1. The van der Waals surface area contributed by atoms with E-state index in [4.69, 9.17) is 4.74 Å². The van der Waals surface area contributed by atoms with Crippen molar-refractivity contribution in [2.75, 3.05) is 25.0 Å². The van der Waals surface area contributed by atoms with E-state index in [1.54, 1.807) is 37.4 Å². The van der Waals surface area contributed by atoms with Gasteiger partial charge in [-0.05, 0) is 68.3 Å². The molecule has 0 atom stereocenters. The van der Waals surface area contributed by atoms with Crippen LogP contribution in [0.3, 0.4) is 0 Å². The van der Waals surface area contributed by atoms with Gasteiger partial charge >= 0.3 is 6.09 Å². The Balaban J connectivity index is 1.70. The number of carbonyl (C=O) groups excluding carboxylic acids is 4. The summed E-state index contributed by atoms with van der Waals surface area (Å²) >= 11 is 1.17. The van der Waals surface area contributed by atoms with Gasteiger partial charge in [-0.25, -0.2) is 4.79 Å². The SMILES string of the molecule is CCOC(=O)NC(=O)c1ccsc1NC(=O)c1ccc(C(=O)N2CCCCC2)c(C)c1. The summed E-state index contributed by atoms with van der Waals surface area (Å²) in [5, 5.41) is 6.77. The van der Waals surface area contributed by atoms with E-state index in [-0.39, 0.29) is 18.1 Å². The fourth-order valence-electron chi connectivity index (χ4n) is 3.40. The number of hydrogen-bond acceptors (Lipinski definition) is 6. The van der Waals surface area contributed by atoms with Crippen LogP contribution in [0.25, 0.3) is 0 Å². The van der Waals surface area contributed by atoms with E-state index in [0.29, 0.717) is 16.1 Å². The van der Waals surface area contributed by atoms with Crippen molar-refractivity contribution in [1.82, 2.24) is 10.2 Å². The van der Waals surface area contributed by atoms with Gasteiger partial charge in [0.25, 0.3) is 17.7 Å². The molecular weight excluding hydrogens is 418 g/mol. The molecule has 9 heteroatoms. The first-order valence-corrected chi connectivity index (χ1v) is 11.1. The Labute approximate surface area is 184 Å². The third kappa shape index (κ3) is 5.49. The largest absolute Gasteiger partial charge is 0.450 e. The first kappa shape index (κ1) is 22.5. The van der Waals surface area contributed by atoms with Gasteiger partial charge in [0.15, 0.2) is 0 Å². The highest BCUT2D eigenvalue weighted by atomic mass is 32.1. The number of hydrogen-bond donors (Lipinski definition) is 2. The number of likely N-dealkylation sites (tertiary alicyclic amines) is 1. The monoisotopic (exact) mass is 443 g/mol. The molecule has 1 aromatic carbocycles. The standard InChI is InChI=1S/C22H25N3O5S/c1-3-30-22(29)24-19(27)17-9-12-31-20(17)23-18(26)15-7-8-16(14(2)13-15)21(28)25-10-5-4-6-11-25/h7-9,12-13H,3-6,10-11H2,1-2H3,(H,23,26)(H,24,27,29). The van der Waals surface area contributed by atoms with Crippen molar-refractivity contribution in [1.29, 1.82) is 0 Å². The Kier molecular flexibility index (Phi) is 7.41. The number of imide groups is 1. The molecule has 1 aliphatic heterocycles. The number of benzene rings is 1. The molecule has 8 nitrogen and oxygen atoms in total. The van der Waals surface area contributed by atoms with Crippen molar-refractivity contribution in [3.8, 4) is 0 Å². The predicted octanol–water partition coefficient (Wildman–Crippen LogP) is 3.82. The summed E-state index contributed by atoms with van der Waals surface area (Å²) in [6.45, 7) is 5.10. The second-order valence-electron chi connectivity index (χ2n) is 7.17. The quantitative estimate of drug-likeness (QED) is 0.731. The molecule has 2 aromatic rings. The lowest BCUT2D eigenvalue weighted by molar-refractivity contribution is 0.0722. The van der Waals surface area contributed by atoms with Crippen LogP contribution in [0.2, 0.25) is 0 Å². The predicted molar refractivity (Wildman–Crippen MR) is 118 cm³/mol. The molecule has 0 saturated carbocycles. The smallest absolute Gasteiger partial charge is 0.414 e. The minimum Gasteiger partial charge on any atom is -0.450 e. The summed E-state index contributed by atoms with van der Waals surface area (Å²) in [5.41, 5.74) is 1.84. The van der Waals surface area contributed by atoms with Gasteiger partial charge in [-0.3, -0.25) is 19.7 Å². The molecule has 2 N–H and O–H groups in total. The number of nitrogens with one attached hydrogen (secondary N) is 2. The van der Waals surface area contributed by atoms with Crippen LogP contribution in [-0.2, 0) is 4.74 Å². The molecule has 1 fully saturated rings. The van der Waals surface area contributed by atoms with E-state index in [0.717, 1.165) is 37.9 Å². The molecule has 164 valence electrons. The Hall–Kier alpha value is -3.20. The van der Waals surface area contributed by atoms with Gasteiger partial charge in [0, 0.05) is 24.2 Å². The van der Waals surface area contributed by atoms with Crippen molar-refractivity contribution in [3.63, 3.8) is 0 Å². The van der Waals surface area contributed by atoms with Crippen LogP contribution < -0.4 is 10.6 Å². The number of thiophene rings is 1. The highest BCUT2D eigenvalue weighted by Crippen LogP contribution is 2.24. The Morgan fingerprint density at radius 3 is 2.45 bits per heavy atom. The highest BCUT2D eigenvalue weighted by Gasteiger charge is 2.22. The van der Waals surface area contributed by atoms with Crippen LogP contribution in [-0.4, -0.2) is 48.4 Å². The molecule has 3 rings (SSSR count). The molecule has 1 aromatic heterocycles. The maximum Gasteiger partial charge on any atom is 0.414 e. The summed E-state index contributed by atoms with van der Waals surface area (Å²) in [5.74, 6) is -1.08. The Morgan fingerprint density at radius 1 is 1.03 bits per heavy atom. The summed E-state index contributed by atoms with van der Waals surface area (Å²) in [7, 11) is 0. The van der Waals surface area contributed by atoms with Crippen LogP contribution in [0.1, 0.15) is 62.8 Å². The third-order valence-corrected chi connectivity index (χ3v) is 5.82. The van der Waals surface area contributed by atoms with Crippen molar-refractivity contribution in [3.05, 3.63) is 51.9 Å². The maximum absolute atomic E-state index is 12.8. The first-order valence-electron chi connectivity index (χ1n) is 10.2. The summed E-state index contributed by atoms with van der Waals surface area (Å²) in [6.07, 6.45) is 2.32. The summed E-state index contributed by atoms with van der Waals surface area (Å²) in [6, 6.07) is 6.45.